The summed E-state index contributed by atoms with van der Waals surface area (Å²) in [7, 11) is 0. The van der Waals surface area contributed by atoms with E-state index in [1.165, 1.54) is 0 Å². The van der Waals surface area contributed by atoms with Gasteiger partial charge in [0, 0.05) is 11.9 Å². The van der Waals surface area contributed by atoms with Crippen LogP contribution < -0.4 is 10.6 Å². The number of pyridine rings is 1. The average molecular weight is 383 g/mol. The monoisotopic (exact) mass is 383 g/mol. The minimum Gasteiger partial charge on any atom is -0.345 e. The molecule has 6 nitrogen and oxygen atoms in total. The maximum absolute atomic E-state index is 12.8. The lowest BCUT2D eigenvalue weighted by molar-refractivity contribution is -0.131. The van der Waals surface area contributed by atoms with Gasteiger partial charge in [0.2, 0.25) is 11.8 Å². The summed E-state index contributed by atoms with van der Waals surface area (Å²) in [6, 6.07) is 4.11. The quantitative estimate of drug-likeness (QED) is 0.607. The summed E-state index contributed by atoms with van der Waals surface area (Å²) < 4.78 is 0. The predicted octanol–water partition coefficient (Wildman–Crippen LogP) is 2.36. The molecule has 6 heteroatoms. The van der Waals surface area contributed by atoms with E-state index in [0.717, 1.165) is 19.1 Å². The van der Waals surface area contributed by atoms with Gasteiger partial charge >= 0.3 is 0 Å². The number of carbonyl (C=O) groups excluding carboxylic acids is 3. The summed E-state index contributed by atoms with van der Waals surface area (Å²) in [6.45, 7) is 3.88. The molecule has 2 rings (SSSR count). The van der Waals surface area contributed by atoms with Crippen LogP contribution in [0.15, 0.2) is 48.7 Å². The SMILES string of the molecule is CCC(C)C(NC(=O)Cc1ccccn1)C(=O)NC(C=O)CC1C=CC=CC1. The molecule has 0 aromatic carbocycles. The number of hydrogen-bond donors (Lipinski definition) is 2. The van der Waals surface area contributed by atoms with Crippen LogP contribution in [0.5, 0.6) is 0 Å². The van der Waals surface area contributed by atoms with Gasteiger partial charge < -0.3 is 15.4 Å². The lowest BCUT2D eigenvalue weighted by atomic mass is 9.93. The summed E-state index contributed by atoms with van der Waals surface area (Å²) in [6.07, 6.45) is 12.7. The Labute approximate surface area is 166 Å². The lowest BCUT2D eigenvalue weighted by Gasteiger charge is -2.26. The first-order valence-corrected chi connectivity index (χ1v) is 9.81. The van der Waals surface area contributed by atoms with Gasteiger partial charge in [-0.05, 0) is 36.8 Å². The Hall–Kier alpha value is -2.76. The van der Waals surface area contributed by atoms with Crippen molar-refractivity contribution >= 4 is 18.1 Å². The van der Waals surface area contributed by atoms with Gasteiger partial charge in [-0.3, -0.25) is 14.6 Å². The Bertz CT molecular complexity index is 715. The molecule has 1 aromatic heterocycles. The van der Waals surface area contributed by atoms with Gasteiger partial charge in [0.1, 0.15) is 12.3 Å². The zero-order chi connectivity index (χ0) is 20.4. The van der Waals surface area contributed by atoms with Crippen LogP contribution in [-0.2, 0) is 20.8 Å². The van der Waals surface area contributed by atoms with Gasteiger partial charge in [-0.25, -0.2) is 0 Å². The third-order valence-corrected chi connectivity index (χ3v) is 5.00. The van der Waals surface area contributed by atoms with E-state index >= 15 is 0 Å². The normalized spacial score (nSPS) is 18.7. The van der Waals surface area contributed by atoms with Gasteiger partial charge in [0.15, 0.2) is 0 Å². The highest BCUT2D eigenvalue weighted by Gasteiger charge is 2.28. The Morgan fingerprint density at radius 2 is 2.11 bits per heavy atom. The summed E-state index contributed by atoms with van der Waals surface area (Å²) in [5.74, 6) is -0.419. The third kappa shape index (κ3) is 6.76. The molecule has 150 valence electrons. The van der Waals surface area contributed by atoms with E-state index in [9.17, 15) is 14.4 Å². The maximum atomic E-state index is 12.8. The maximum Gasteiger partial charge on any atom is 0.243 e. The van der Waals surface area contributed by atoms with Crippen molar-refractivity contribution < 1.29 is 14.4 Å². The molecule has 1 heterocycles. The molecule has 28 heavy (non-hydrogen) atoms. The number of allylic oxidation sites excluding steroid dienone is 4. The number of nitrogens with zero attached hydrogens (tertiary/aromatic N) is 1. The molecule has 0 fully saturated rings. The van der Waals surface area contributed by atoms with Crippen molar-refractivity contribution in [1.29, 1.82) is 0 Å². The minimum absolute atomic E-state index is 0.0579. The average Bonchev–Trinajstić information content (AvgIpc) is 2.72. The molecule has 0 radical (unpaired) electrons. The first kappa shape index (κ1) is 21.5. The predicted molar refractivity (Wildman–Crippen MR) is 108 cm³/mol. The molecule has 4 atom stereocenters. The van der Waals surface area contributed by atoms with Crippen molar-refractivity contribution in [2.45, 2.75) is 51.6 Å². The fraction of sp³-hybridized carbons (Fsp3) is 0.455. The van der Waals surface area contributed by atoms with Crippen LogP contribution in [0.2, 0.25) is 0 Å². The molecule has 4 unspecified atom stereocenters. The first-order valence-electron chi connectivity index (χ1n) is 9.81. The van der Waals surface area contributed by atoms with E-state index < -0.39 is 12.1 Å². The molecular weight excluding hydrogens is 354 g/mol. The van der Waals surface area contributed by atoms with Crippen LogP contribution in [0.1, 0.15) is 38.8 Å². The Kier molecular flexibility index (Phi) is 8.59. The summed E-state index contributed by atoms with van der Waals surface area (Å²) >= 11 is 0. The molecule has 2 N–H and O–H groups in total. The molecule has 1 aromatic rings. The second-order valence-electron chi connectivity index (χ2n) is 7.22. The molecule has 0 spiro atoms. The molecule has 2 amide bonds. The number of aromatic nitrogens is 1. The van der Waals surface area contributed by atoms with Gasteiger partial charge in [0.05, 0.1) is 12.5 Å². The van der Waals surface area contributed by atoms with Crippen molar-refractivity contribution in [3.8, 4) is 0 Å². The zero-order valence-corrected chi connectivity index (χ0v) is 16.5. The van der Waals surface area contributed by atoms with Crippen LogP contribution in [0.25, 0.3) is 0 Å². The van der Waals surface area contributed by atoms with E-state index in [4.69, 9.17) is 0 Å². The number of aldehydes is 1. The topological polar surface area (TPSA) is 88.2 Å². The van der Waals surface area contributed by atoms with Crippen molar-refractivity contribution in [2.75, 3.05) is 0 Å². The van der Waals surface area contributed by atoms with Gasteiger partial charge in [-0.15, -0.1) is 0 Å². The van der Waals surface area contributed by atoms with Crippen LogP contribution in [0.4, 0.5) is 0 Å². The largest absolute Gasteiger partial charge is 0.345 e. The Morgan fingerprint density at radius 1 is 1.29 bits per heavy atom. The van der Waals surface area contributed by atoms with E-state index in [-0.39, 0.29) is 30.1 Å². The highest BCUT2D eigenvalue weighted by atomic mass is 16.2. The van der Waals surface area contributed by atoms with Gasteiger partial charge in [0.25, 0.3) is 0 Å². The van der Waals surface area contributed by atoms with E-state index in [1.807, 2.05) is 44.2 Å². The van der Waals surface area contributed by atoms with Crippen LogP contribution >= 0.6 is 0 Å². The smallest absolute Gasteiger partial charge is 0.243 e. The van der Waals surface area contributed by atoms with Crippen LogP contribution in [0.3, 0.4) is 0 Å². The molecule has 0 bridgehead atoms. The Balaban J connectivity index is 1.97. The molecule has 0 aliphatic heterocycles. The lowest BCUT2D eigenvalue weighted by Crippen LogP contribution is -2.53. The van der Waals surface area contributed by atoms with Crippen molar-refractivity contribution in [3.05, 3.63) is 54.4 Å². The number of amides is 2. The number of hydrogen-bond acceptors (Lipinski definition) is 4. The van der Waals surface area contributed by atoms with Crippen molar-refractivity contribution in [3.63, 3.8) is 0 Å². The molecule has 1 aliphatic rings. The standard InChI is InChI=1S/C22H29N3O3/c1-3-16(2)21(25-20(27)14-18-11-7-8-12-23-18)22(28)24-19(15-26)13-17-9-5-4-6-10-17/h4-9,11-12,15-17,19,21H,3,10,13-14H2,1-2H3,(H,24,28)(H,25,27). The molecule has 0 saturated carbocycles. The third-order valence-electron chi connectivity index (χ3n) is 5.00. The summed E-state index contributed by atoms with van der Waals surface area (Å²) in [5, 5.41) is 5.62. The fourth-order valence-electron chi connectivity index (χ4n) is 3.15. The molecular formula is C22H29N3O3. The minimum atomic E-state index is -0.689. The van der Waals surface area contributed by atoms with Gasteiger partial charge in [-0.1, -0.05) is 50.6 Å². The van der Waals surface area contributed by atoms with Crippen molar-refractivity contribution in [2.24, 2.45) is 11.8 Å². The molecule has 0 saturated heterocycles. The van der Waals surface area contributed by atoms with Crippen LogP contribution in [-0.4, -0.2) is 35.2 Å². The fourth-order valence-corrected chi connectivity index (χ4v) is 3.15. The summed E-state index contributed by atoms with van der Waals surface area (Å²) in [5.41, 5.74) is 0.645. The highest BCUT2D eigenvalue weighted by Crippen LogP contribution is 2.17. The number of carbonyl (C=O) groups is 3. The first-order chi connectivity index (χ1) is 13.5. The zero-order valence-electron chi connectivity index (χ0n) is 16.5. The van der Waals surface area contributed by atoms with Crippen molar-refractivity contribution in [1.82, 2.24) is 15.6 Å². The number of nitrogens with one attached hydrogen (secondary N) is 2. The van der Waals surface area contributed by atoms with E-state index in [2.05, 4.69) is 15.6 Å². The second kappa shape index (κ2) is 11.2. The van der Waals surface area contributed by atoms with E-state index in [0.29, 0.717) is 12.1 Å². The van der Waals surface area contributed by atoms with Crippen LogP contribution in [0, 0.1) is 11.8 Å². The Morgan fingerprint density at radius 3 is 2.71 bits per heavy atom. The van der Waals surface area contributed by atoms with E-state index in [1.54, 1.807) is 18.3 Å². The highest BCUT2D eigenvalue weighted by molar-refractivity contribution is 5.89. The summed E-state index contributed by atoms with van der Waals surface area (Å²) in [4.78, 5) is 40.8. The molecule has 1 aliphatic carbocycles. The van der Waals surface area contributed by atoms with Gasteiger partial charge in [-0.2, -0.15) is 0 Å². The number of rotatable bonds is 10. The second-order valence-corrected chi connectivity index (χ2v) is 7.22.